The smallest absolute Gasteiger partial charge is 0.217 e. The molecular weight excluding hydrogens is 190 g/mol. The molecule has 0 aliphatic carbocycles. The van der Waals surface area contributed by atoms with Crippen LogP contribution in [-0.4, -0.2) is 19.1 Å². The number of amides is 1. The lowest BCUT2D eigenvalue weighted by atomic mass is 10.1. The van der Waals surface area contributed by atoms with Gasteiger partial charge >= 0.3 is 0 Å². The molecule has 1 atom stereocenters. The molecule has 1 unspecified atom stereocenters. The van der Waals surface area contributed by atoms with E-state index < -0.39 is 0 Å². The molecule has 0 aliphatic heterocycles. The Hall–Kier alpha value is -1.51. The Bertz CT molecular complexity index is 336. The van der Waals surface area contributed by atoms with E-state index in [1.165, 1.54) is 6.92 Å². The quantitative estimate of drug-likeness (QED) is 0.817. The Morgan fingerprint density at radius 3 is 2.87 bits per heavy atom. The third-order valence-corrected chi connectivity index (χ3v) is 2.13. The molecule has 1 amide bonds. The van der Waals surface area contributed by atoms with Crippen molar-refractivity contribution in [2.45, 2.75) is 26.3 Å². The van der Waals surface area contributed by atoms with E-state index in [0.29, 0.717) is 0 Å². The normalized spacial score (nSPS) is 11.9. The molecule has 3 nitrogen and oxygen atoms in total. The van der Waals surface area contributed by atoms with Gasteiger partial charge in [-0.25, -0.2) is 0 Å². The summed E-state index contributed by atoms with van der Waals surface area (Å²) >= 11 is 0. The van der Waals surface area contributed by atoms with Crippen LogP contribution in [0.2, 0.25) is 0 Å². The summed E-state index contributed by atoms with van der Waals surface area (Å²) < 4.78 is 5.13. The van der Waals surface area contributed by atoms with Gasteiger partial charge in [0.05, 0.1) is 7.11 Å². The van der Waals surface area contributed by atoms with Gasteiger partial charge in [-0.3, -0.25) is 4.79 Å². The molecule has 1 aromatic carbocycles. The second-order valence-electron chi connectivity index (χ2n) is 3.66. The Kier molecular flexibility index (Phi) is 4.16. The van der Waals surface area contributed by atoms with E-state index in [2.05, 4.69) is 5.32 Å². The lowest BCUT2D eigenvalue weighted by Gasteiger charge is -2.12. The monoisotopic (exact) mass is 207 g/mol. The van der Waals surface area contributed by atoms with Gasteiger partial charge in [-0.05, 0) is 31.0 Å². The van der Waals surface area contributed by atoms with Crippen molar-refractivity contribution < 1.29 is 9.53 Å². The lowest BCUT2D eigenvalue weighted by molar-refractivity contribution is -0.119. The minimum Gasteiger partial charge on any atom is -0.497 e. The van der Waals surface area contributed by atoms with Gasteiger partial charge in [-0.15, -0.1) is 0 Å². The van der Waals surface area contributed by atoms with Gasteiger partial charge in [0.1, 0.15) is 5.75 Å². The number of hydrogen-bond donors (Lipinski definition) is 1. The minimum absolute atomic E-state index is 0.00500. The molecule has 0 saturated heterocycles. The first-order valence-corrected chi connectivity index (χ1v) is 5.02. The molecular formula is C12H17NO2. The summed E-state index contributed by atoms with van der Waals surface area (Å²) in [5, 5.41) is 2.85. The van der Waals surface area contributed by atoms with Crippen molar-refractivity contribution in [2.75, 3.05) is 7.11 Å². The predicted molar refractivity (Wildman–Crippen MR) is 60.0 cm³/mol. The van der Waals surface area contributed by atoms with Crippen molar-refractivity contribution in [1.82, 2.24) is 5.32 Å². The molecule has 0 aromatic heterocycles. The highest BCUT2D eigenvalue weighted by atomic mass is 16.5. The molecule has 15 heavy (non-hydrogen) atoms. The summed E-state index contributed by atoms with van der Waals surface area (Å²) in [7, 11) is 1.65. The predicted octanol–water partition coefficient (Wildman–Crippen LogP) is 1.76. The van der Waals surface area contributed by atoms with Crippen molar-refractivity contribution in [3.8, 4) is 5.75 Å². The number of carbonyl (C=O) groups is 1. The highest BCUT2D eigenvalue weighted by Gasteiger charge is 2.05. The van der Waals surface area contributed by atoms with Crippen LogP contribution in [0, 0.1) is 0 Å². The molecule has 1 rings (SSSR count). The standard InChI is InChI=1S/C12H17NO2/c1-9(13-10(2)14)7-11-5-4-6-12(8-11)15-3/h4-6,8-9H,7H2,1-3H3,(H,13,14). The van der Waals surface area contributed by atoms with Gasteiger partial charge < -0.3 is 10.1 Å². The van der Waals surface area contributed by atoms with Crippen LogP contribution in [-0.2, 0) is 11.2 Å². The maximum absolute atomic E-state index is 10.8. The van der Waals surface area contributed by atoms with Gasteiger partial charge in [0.2, 0.25) is 5.91 Å². The van der Waals surface area contributed by atoms with Crippen LogP contribution in [0.3, 0.4) is 0 Å². The molecule has 1 N–H and O–H groups in total. The fourth-order valence-electron chi connectivity index (χ4n) is 1.55. The Balaban J connectivity index is 2.59. The van der Waals surface area contributed by atoms with Gasteiger partial charge in [0.15, 0.2) is 0 Å². The Morgan fingerprint density at radius 2 is 2.27 bits per heavy atom. The summed E-state index contributed by atoms with van der Waals surface area (Å²) in [5.41, 5.74) is 1.16. The zero-order valence-corrected chi connectivity index (χ0v) is 9.41. The first kappa shape index (κ1) is 11.6. The zero-order valence-electron chi connectivity index (χ0n) is 9.41. The number of hydrogen-bond acceptors (Lipinski definition) is 2. The summed E-state index contributed by atoms with van der Waals surface area (Å²) in [6, 6.07) is 8.02. The first-order valence-electron chi connectivity index (χ1n) is 5.02. The SMILES string of the molecule is COc1cccc(CC(C)NC(C)=O)c1. The van der Waals surface area contributed by atoms with E-state index in [1.807, 2.05) is 31.2 Å². The molecule has 3 heteroatoms. The third-order valence-electron chi connectivity index (χ3n) is 2.13. The minimum atomic E-state index is 0.00500. The molecule has 0 heterocycles. The van der Waals surface area contributed by atoms with Crippen molar-refractivity contribution in [2.24, 2.45) is 0 Å². The highest BCUT2D eigenvalue weighted by molar-refractivity contribution is 5.73. The maximum Gasteiger partial charge on any atom is 0.217 e. The number of ether oxygens (including phenoxy) is 1. The van der Waals surface area contributed by atoms with E-state index >= 15 is 0 Å². The second-order valence-corrected chi connectivity index (χ2v) is 3.66. The number of carbonyl (C=O) groups excluding carboxylic acids is 1. The number of rotatable bonds is 4. The average molecular weight is 207 g/mol. The zero-order chi connectivity index (χ0) is 11.3. The van der Waals surface area contributed by atoms with Gasteiger partial charge in [0, 0.05) is 13.0 Å². The van der Waals surface area contributed by atoms with Crippen LogP contribution in [0.25, 0.3) is 0 Å². The van der Waals surface area contributed by atoms with Crippen LogP contribution >= 0.6 is 0 Å². The molecule has 0 radical (unpaired) electrons. The van der Waals surface area contributed by atoms with Crippen molar-refractivity contribution in [1.29, 1.82) is 0 Å². The fraction of sp³-hybridized carbons (Fsp3) is 0.417. The number of nitrogens with one attached hydrogen (secondary N) is 1. The highest BCUT2D eigenvalue weighted by Crippen LogP contribution is 2.13. The van der Waals surface area contributed by atoms with Crippen LogP contribution < -0.4 is 10.1 Å². The van der Waals surface area contributed by atoms with Gasteiger partial charge in [-0.2, -0.15) is 0 Å². The van der Waals surface area contributed by atoms with E-state index in [9.17, 15) is 4.79 Å². The van der Waals surface area contributed by atoms with E-state index in [0.717, 1.165) is 17.7 Å². The lowest BCUT2D eigenvalue weighted by Crippen LogP contribution is -2.31. The summed E-state index contributed by atoms with van der Waals surface area (Å²) in [5.74, 6) is 0.855. The fourth-order valence-corrected chi connectivity index (χ4v) is 1.55. The summed E-state index contributed by atoms with van der Waals surface area (Å²) in [4.78, 5) is 10.8. The molecule has 0 aliphatic rings. The molecule has 0 fully saturated rings. The Morgan fingerprint density at radius 1 is 1.53 bits per heavy atom. The van der Waals surface area contributed by atoms with Crippen LogP contribution in [0.1, 0.15) is 19.4 Å². The number of methoxy groups -OCH3 is 1. The average Bonchev–Trinajstić information content (AvgIpc) is 2.16. The van der Waals surface area contributed by atoms with Gasteiger partial charge in [-0.1, -0.05) is 12.1 Å². The topological polar surface area (TPSA) is 38.3 Å². The molecule has 0 bridgehead atoms. The van der Waals surface area contributed by atoms with E-state index in [-0.39, 0.29) is 11.9 Å². The largest absolute Gasteiger partial charge is 0.497 e. The molecule has 0 saturated carbocycles. The summed E-state index contributed by atoms with van der Waals surface area (Å²) in [6.07, 6.45) is 0.816. The van der Waals surface area contributed by atoms with Crippen molar-refractivity contribution >= 4 is 5.91 Å². The number of benzene rings is 1. The summed E-state index contributed by atoms with van der Waals surface area (Å²) in [6.45, 7) is 3.52. The van der Waals surface area contributed by atoms with E-state index in [1.54, 1.807) is 7.11 Å². The van der Waals surface area contributed by atoms with Crippen LogP contribution in [0.5, 0.6) is 5.75 Å². The molecule has 0 spiro atoms. The third kappa shape index (κ3) is 4.02. The maximum atomic E-state index is 10.8. The second kappa shape index (κ2) is 5.39. The van der Waals surface area contributed by atoms with Crippen molar-refractivity contribution in [3.05, 3.63) is 29.8 Å². The van der Waals surface area contributed by atoms with Gasteiger partial charge in [0.25, 0.3) is 0 Å². The molecule has 1 aromatic rings. The Labute approximate surface area is 90.4 Å². The van der Waals surface area contributed by atoms with Crippen LogP contribution in [0.15, 0.2) is 24.3 Å². The first-order chi connectivity index (χ1) is 7.11. The van der Waals surface area contributed by atoms with Crippen molar-refractivity contribution in [3.63, 3.8) is 0 Å². The van der Waals surface area contributed by atoms with E-state index in [4.69, 9.17) is 4.74 Å². The molecule has 82 valence electrons. The van der Waals surface area contributed by atoms with Crippen LogP contribution in [0.4, 0.5) is 0 Å².